The Morgan fingerprint density at radius 3 is 2.29 bits per heavy atom. The minimum atomic E-state index is -0.259. The summed E-state index contributed by atoms with van der Waals surface area (Å²) in [5.74, 6) is -0.259. The zero-order valence-corrected chi connectivity index (χ0v) is 8.84. The van der Waals surface area contributed by atoms with Crippen LogP contribution in [0.1, 0.15) is 44.9 Å². The maximum absolute atomic E-state index is 5.93. The monoisotopic (exact) mass is 199 g/mol. The molecule has 1 unspecified atom stereocenters. The molecule has 1 spiro atoms. The third-order valence-corrected chi connectivity index (χ3v) is 3.29. The van der Waals surface area contributed by atoms with Crippen molar-refractivity contribution in [3.8, 4) is 0 Å². The average Bonchev–Trinajstić information content (AvgIpc) is 2.57. The van der Waals surface area contributed by atoms with Gasteiger partial charge in [0.05, 0.1) is 12.7 Å². The van der Waals surface area contributed by atoms with E-state index in [1.165, 1.54) is 32.1 Å². The first-order chi connectivity index (χ1) is 6.85. The quantitative estimate of drug-likeness (QED) is 0.700. The van der Waals surface area contributed by atoms with Gasteiger partial charge in [0.2, 0.25) is 0 Å². The van der Waals surface area contributed by atoms with Gasteiger partial charge < -0.3 is 15.2 Å². The van der Waals surface area contributed by atoms with E-state index in [0.717, 1.165) is 12.8 Å². The Hall–Kier alpha value is -0.120. The van der Waals surface area contributed by atoms with Crippen molar-refractivity contribution in [1.82, 2.24) is 0 Å². The van der Waals surface area contributed by atoms with E-state index in [-0.39, 0.29) is 11.9 Å². The molecular formula is C11H21NO2. The fourth-order valence-electron chi connectivity index (χ4n) is 2.44. The Morgan fingerprint density at radius 2 is 1.71 bits per heavy atom. The van der Waals surface area contributed by atoms with Crippen molar-refractivity contribution >= 4 is 0 Å². The summed E-state index contributed by atoms with van der Waals surface area (Å²) in [6, 6.07) is 0. The van der Waals surface area contributed by atoms with Gasteiger partial charge in [0.1, 0.15) is 0 Å². The smallest absolute Gasteiger partial charge is 0.168 e. The zero-order valence-electron chi connectivity index (χ0n) is 8.84. The highest BCUT2D eigenvalue weighted by molar-refractivity contribution is 4.80. The van der Waals surface area contributed by atoms with Crippen LogP contribution in [0.2, 0.25) is 0 Å². The molecule has 3 nitrogen and oxygen atoms in total. The van der Waals surface area contributed by atoms with E-state index >= 15 is 0 Å². The van der Waals surface area contributed by atoms with Gasteiger partial charge in [-0.1, -0.05) is 19.3 Å². The molecule has 1 atom stereocenters. The van der Waals surface area contributed by atoms with Gasteiger partial charge in [-0.25, -0.2) is 0 Å². The first-order valence-corrected chi connectivity index (χ1v) is 5.86. The molecule has 2 fully saturated rings. The van der Waals surface area contributed by atoms with Gasteiger partial charge >= 0.3 is 0 Å². The Balaban J connectivity index is 1.92. The molecule has 1 aliphatic carbocycles. The summed E-state index contributed by atoms with van der Waals surface area (Å²) < 4.78 is 11.7. The minimum absolute atomic E-state index is 0.134. The van der Waals surface area contributed by atoms with Crippen molar-refractivity contribution in [1.29, 1.82) is 0 Å². The predicted molar refractivity (Wildman–Crippen MR) is 54.9 cm³/mol. The molecule has 14 heavy (non-hydrogen) atoms. The third-order valence-electron chi connectivity index (χ3n) is 3.29. The lowest BCUT2D eigenvalue weighted by atomic mass is 9.96. The summed E-state index contributed by atoms with van der Waals surface area (Å²) in [5, 5.41) is 0. The van der Waals surface area contributed by atoms with Crippen molar-refractivity contribution in [2.45, 2.75) is 56.8 Å². The van der Waals surface area contributed by atoms with Crippen LogP contribution in [-0.4, -0.2) is 25.0 Å². The number of rotatable bonds is 1. The van der Waals surface area contributed by atoms with Gasteiger partial charge in [-0.3, -0.25) is 0 Å². The van der Waals surface area contributed by atoms with Crippen LogP contribution in [0.25, 0.3) is 0 Å². The molecule has 0 aromatic heterocycles. The van der Waals surface area contributed by atoms with Crippen LogP contribution in [0.3, 0.4) is 0 Å². The average molecular weight is 199 g/mol. The van der Waals surface area contributed by atoms with Crippen molar-refractivity contribution < 1.29 is 9.47 Å². The molecular weight excluding hydrogens is 178 g/mol. The first kappa shape index (κ1) is 10.4. The molecule has 1 saturated carbocycles. The number of hydrogen-bond donors (Lipinski definition) is 1. The molecule has 0 radical (unpaired) electrons. The number of nitrogens with two attached hydrogens (primary N) is 1. The maximum Gasteiger partial charge on any atom is 0.168 e. The molecule has 1 saturated heterocycles. The predicted octanol–water partition coefficient (Wildman–Crippen LogP) is 1.80. The largest absolute Gasteiger partial charge is 0.347 e. The van der Waals surface area contributed by atoms with Crippen molar-refractivity contribution in [2.75, 3.05) is 13.2 Å². The Kier molecular flexibility index (Phi) is 3.42. The summed E-state index contributed by atoms with van der Waals surface area (Å²) in [4.78, 5) is 0. The molecule has 82 valence electrons. The Bertz CT molecular complexity index is 176. The molecule has 2 N–H and O–H groups in total. The number of ether oxygens (including phenoxy) is 2. The highest BCUT2D eigenvalue weighted by Gasteiger charge is 2.40. The summed E-state index contributed by atoms with van der Waals surface area (Å²) in [7, 11) is 0. The van der Waals surface area contributed by atoms with Crippen LogP contribution in [0.4, 0.5) is 0 Å². The van der Waals surface area contributed by atoms with Gasteiger partial charge in [0.25, 0.3) is 0 Å². The maximum atomic E-state index is 5.93. The fourth-order valence-corrected chi connectivity index (χ4v) is 2.44. The Labute approximate surface area is 85.9 Å². The van der Waals surface area contributed by atoms with Gasteiger partial charge in [-0.2, -0.15) is 0 Å². The molecule has 2 rings (SSSR count). The summed E-state index contributed by atoms with van der Waals surface area (Å²) in [6.45, 7) is 1.28. The SMILES string of the molecule is NCC1COC2(CCCCCCC2)O1. The second-order valence-corrected chi connectivity index (χ2v) is 4.47. The molecule has 2 aliphatic rings. The van der Waals surface area contributed by atoms with Gasteiger partial charge in [0.15, 0.2) is 5.79 Å². The van der Waals surface area contributed by atoms with E-state index < -0.39 is 0 Å². The van der Waals surface area contributed by atoms with Gasteiger partial charge in [-0.05, 0) is 12.8 Å². The van der Waals surface area contributed by atoms with E-state index in [9.17, 15) is 0 Å². The molecule has 0 aromatic rings. The van der Waals surface area contributed by atoms with Gasteiger partial charge in [0, 0.05) is 19.4 Å². The highest BCUT2D eigenvalue weighted by atomic mass is 16.7. The van der Waals surface area contributed by atoms with E-state index in [4.69, 9.17) is 15.2 Å². The van der Waals surface area contributed by atoms with E-state index in [1.807, 2.05) is 0 Å². The van der Waals surface area contributed by atoms with E-state index in [2.05, 4.69) is 0 Å². The zero-order chi connectivity index (χ0) is 9.86. The lowest BCUT2D eigenvalue weighted by Gasteiger charge is -2.29. The Morgan fingerprint density at radius 1 is 1.07 bits per heavy atom. The van der Waals surface area contributed by atoms with Gasteiger partial charge in [-0.15, -0.1) is 0 Å². The van der Waals surface area contributed by atoms with Crippen LogP contribution in [0, 0.1) is 0 Å². The summed E-state index contributed by atoms with van der Waals surface area (Å²) in [6.07, 6.45) is 8.73. The second kappa shape index (κ2) is 4.60. The lowest BCUT2D eigenvalue weighted by Crippen LogP contribution is -2.33. The summed E-state index contributed by atoms with van der Waals surface area (Å²) in [5.41, 5.74) is 5.59. The molecule has 0 aromatic carbocycles. The standard InChI is InChI=1S/C11H21NO2/c12-8-10-9-13-11(14-10)6-4-2-1-3-5-7-11/h10H,1-9,12H2. The van der Waals surface area contributed by atoms with Crippen LogP contribution >= 0.6 is 0 Å². The molecule has 1 aliphatic heterocycles. The third kappa shape index (κ3) is 2.27. The number of hydrogen-bond acceptors (Lipinski definition) is 3. The summed E-state index contributed by atoms with van der Waals surface area (Å²) >= 11 is 0. The van der Waals surface area contributed by atoms with Crippen molar-refractivity contribution in [3.63, 3.8) is 0 Å². The van der Waals surface area contributed by atoms with Crippen molar-refractivity contribution in [3.05, 3.63) is 0 Å². The van der Waals surface area contributed by atoms with Crippen LogP contribution in [0.15, 0.2) is 0 Å². The van der Waals surface area contributed by atoms with Crippen LogP contribution < -0.4 is 5.73 Å². The van der Waals surface area contributed by atoms with Crippen molar-refractivity contribution in [2.24, 2.45) is 5.73 Å². The molecule has 0 amide bonds. The second-order valence-electron chi connectivity index (χ2n) is 4.47. The fraction of sp³-hybridized carbons (Fsp3) is 1.00. The van der Waals surface area contributed by atoms with Crippen LogP contribution in [0.5, 0.6) is 0 Å². The topological polar surface area (TPSA) is 44.5 Å². The normalized spacial score (nSPS) is 32.8. The first-order valence-electron chi connectivity index (χ1n) is 5.86. The lowest BCUT2D eigenvalue weighted by molar-refractivity contribution is -0.180. The van der Waals surface area contributed by atoms with E-state index in [0.29, 0.717) is 13.2 Å². The van der Waals surface area contributed by atoms with E-state index in [1.54, 1.807) is 0 Å². The molecule has 3 heteroatoms. The molecule has 1 heterocycles. The molecule has 0 bridgehead atoms. The highest BCUT2D eigenvalue weighted by Crippen LogP contribution is 2.35. The minimum Gasteiger partial charge on any atom is -0.347 e. The van der Waals surface area contributed by atoms with Crippen LogP contribution in [-0.2, 0) is 9.47 Å².